The Morgan fingerprint density at radius 3 is 1.53 bits per heavy atom. The molecule has 0 saturated heterocycles. The molecule has 0 aliphatic carbocycles. The zero-order valence-corrected chi connectivity index (χ0v) is 10.9. The summed E-state index contributed by atoms with van der Waals surface area (Å²) in [6, 6.07) is 4.75. The first-order valence-electron chi connectivity index (χ1n) is 5.37. The summed E-state index contributed by atoms with van der Waals surface area (Å²) in [4.78, 5) is 22.5. The molecule has 4 nitrogen and oxygen atoms in total. The van der Waals surface area contributed by atoms with Crippen LogP contribution >= 0.6 is 0 Å². The molecule has 0 atom stereocenters. The van der Waals surface area contributed by atoms with Crippen molar-refractivity contribution in [3.63, 3.8) is 0 Å². The number of ether oxygens (including phenoxy) is 2. The van der Waals surface area contributed by atoms with Crippen molar-refractivity contribution < 1.29 is 19.1 Å². The molecule has 0 bridgehead atoms. The lowest BCUT2D eigenvalue weighted by atomic mass is 10.1. The van der Waals surface area contributed by atoms with Crippen LogP contribution in [-0.4, -0.2) is 26.2 Å². The molecule has 0 aliphatic rings. The summed E-state index contributed by atoms with van der Waals surface area (Å²) in [5.41, 5.74) is 1.49. The lowest BCUT2D eigenvalue weighted by Crippen LogP contribution is -2.06. The van der Waals surface area contributed by atoms with Gasteiger partial charge in [0.05, 0.1) is 25.3 Å². The number of carbonyl (C=O) groups is 2. The molecule has 0 aromatic heterocycles. The van der Waals surface area contributed by atoms with Crippen molar-refractivity contribution in [2.45, 2.75) is 20.8 Å². The Balaban J connectivity index is 0.00000121. The molecule has 0 unspecified atom stereocenters. The maximum Gasteiger partial charge on any atom is 0.337 e. The highest BCUT2D eigenvalue weighted by Crippen LogP contribution is 2.11. The quantitative estimate of drug-likeness (QED) is 0.743. The Morgan fingerprint density at radius 1 is 0.882 bits per heavy atom. The number of hydrogen-bond donors (Lipinski definition) is 0. The van der Waals surface area contributed by atoms with E-state index in [9.17, 15) is 9.59 Å². The molecule has 0 N–H and O–H groups in total. The number of rotatable bonds is 2. The average Bonchev–Trinajstić information content (AvgIpc) is 2.38. The van der Waals surface area contributed by atoms with E-state index in [0.29, 0.717) is 11.1 Å². The van der Waals surface area contributed by atoms with Crippen molar-refractivity contribution in [1.29, 1.82) is 0 Å². The van der Waals surface area contributed by atoms with Gasteiger partial charge in [0.25, 0.3) is 0 Å². The van der Waals surface area contributed by atoms with Gasteiger partial charge in [-0.05, 0) is 30.7 Å². The monoisotopic (exact) mass is 238 g/mol. The first-order valence-corrected chi connectivity index (χ1v) is 5.37. The van der Waals surface area contributed by atoms with Crippen LogP contribution in [0.1, 0.15) is 40.1 Å². The molecular formula is C13H18O4. The Hall–Kier alpha value is -1.84. The van der Waals surface area contributed by atoms with E-state index >= 15 is 0 Å². The molecule has 0 spiro atoms. The van der Waals surface area contributed by atoms with Crippen LogP contribution in [0.25, 0.3) is 0 Å². The summed E-state index contributed by atoms with van der Waals surface area (Å²) in [7, 11) is 2.59. The third-order valence-corrected chi connectivity index (χ3v) is 1.92. The second kappa shape index (κ2) is 7.44. The van der Waals surface area contributed by atoms with E-state index in [1.165, 1.54) is 20.3 Å². The molecule has 0 fully saturated rings. The molecule has 0 aliphatic heterocycles. The predicted molar refractivity (Wildman–Crippen MR) is 65.2 cm³/mol. The first kappa shape index (κ1) is 15.2. The van der Waals surface area contributed by atoms with Crippen LogP contribution in [0.4, 0.5) is 0 Å². The van der Waals surface area contributed by atoms with Gasteiger partial charge in [0.1, 0.15) is 0 Å². The maximum absolute atomic E-state index is 11.3. The van der Waals surface area contributed by atoms with Crippen LogP contribution in [0.5, 0.6) is 0 Å². The van der Waals surface area contributed by atoms with Gasteiger partial charge in [-0.3, -0.25) is 0 Å². The fourth-order valence-electron chi connectivity index (χ4n) is 1.25. The summed E-state index contributed by atoms with van der Waals surface area (Å²) in [6.45, 7) is 5.79. The van der Waals surface area contributed by atoms with Gasteiger partial charge in [-0.25, -0.2) is 9.59 Å². The van der Waals surface area contributed by atoms with Crippen molar-refractivity contribution >= 4 is 11.9 Å². The summed E-state index contributed by atoms with van der Waals surface area (Å²) in [5, 5.41) is 0. The second-order valence-electron chi connectivity index (χ2n) is 3.07. The molecular weight excluding hydrogens is 220 g/mol. The van der Waals surface area contributed by atoms with E-state index in [4.69, 9.17) is 0 Å². The summed E-state index contributed by atoms with van der Waals surface area (Å²) < 4.78 is 9.14. The van der Waals surface area contributed by atoms with Gasteiger partial charge in [-0.15, -0.1) is 0 Å². The summed E-state index contributed by atoms with van der Waals surface area (Å²) in [5.74, 6) is -0.937. The van der Waals surface area contributed by atoms with Crippen molar-refractivity contribution in [2.24, 2.45) is 0 Å². The van der Waals surface area contributed by atoms with Crippen molar-refractivity contribution in [3.8, 4) is 0 Å². The van der Waals surface area contributed by atoms with Gasteiger partial charge in [-0.1, -0.05) is 13.8 Å². The third-order valence-electron chi connectivity index (χ3n) is 1.92. The van der Waals surface area contributed by atoms with Gasteiger partial charge >= 0.3 is 11.9 Å². The lowest BCUT2D eigenvalue weighted by Gasteiger charge is -2.04. The average molecular weight is 238 g/mol. The molecule has 0 heterocycles. The molecule has 4 heteroatoms. The van der Waals surface area contributed by atoms with E-state index < -0.39 is 11.9 Å². The minimum Gasteiger partial charge on any atom is -0.465 e. The van der Waals surface area contributed by atoms with Crippen LogP contribution in [-0.2, 0) is 9.47 Å². The van der Waals surface area contributed by atoms with Gasteiger partial charge in [0, 0.05) is 0 Å². The maximum atomic E-state index is 11.3. The lowest BCUT2D eigenvalue weighted by molar-refractivity contribution is 0.0599. The van der Waals surface area contributed by atoms with Crippen LogP contribution in [0.2, 0.25) is 0 Å². The number of benzene rings is 1. The van der Waals surface area contributed by atoms with E-state index in [1.54, 1.807) is 19.1 Å². The fraction of sp³-hybridized carbons (Fsp3) is 0.385. The Kier molecular flexibility index (Phi) is 6.63. The molecule has 1 aromatic rings. The molecule has 1 aromatic carbocycles. The van der Waals surface area contributed by atoms with E-state index in [2.05, 4.69) is 9.47 Å². The standard InChI is InChI=1S/C11H12O4.C2H6/c1-7-4-8(10(12)14-2)6-9(5-7)11(13)15-3;1-2/h4-6H,1-3H3;1-2H3. The van der Waals surface area contributed by atoms with Gasteiger partial charge < -0.3 is 9.47 Å². The highest BCUT2D eigenvalue weighted by Gasteiger charge is 2.11. The SMILES string of the molecule is CC.COC(=O)c1cc(C)cc(C(=O)OC)c1. The van der Waals surface area contributed by atoms with E-state index in [0.717, 1.165) is 5.56 Å². The molecule has 0 amide bonds. The van der Waals surface area contributed by atoms with Crippen LogP contribution in [0.3, 0.4) is 0 Å². The molecule has 1 rings (SSSR count). The Labute approximate surface area is 102 Å². The fourth-order valence-corrected chi connectivity index (χ4v) is 1.25. The number of carbonyl (C=O) groups excluding carboxylic acids is 2. The van der Waals surface area contributed by atoms with Crippen LogP contribution in [0, 0.1) is 6.92 Å². The Morgan fingerprint density at radius 2 is 1.24 bits per heavy atom. The second-order valence-corrected chi connectivity index (χ2v) is 3.07. The number of aryl methyl sites for hydroxylation is 1. The number of hydrogen-bond acceptors (Lipinski definition) is 4. The van der Waals surface area contributed by atoms with Crippen molar-refractivity contribution in [2.75, 3.05) is 14.2 Å². The first-order chi connectivity index (χ1) is 8.08. The molecule has 94 valence electrons. The highest BCUT2D eigenvalue weighted by molar-refractivity contribution is 5.95. The Bertz CT molecular complexity index is 362. The smallest absolute Gasteiger partial charge is 0.337 e. The minimum absolute atomic E-state index is 0.345. The van der Waals surface area contributed by atoms with Gasteiger partial charge in [0.15, 0.2) is 0 Å². The normalized spacial score (nSPS) is 8.76. The van der Waals surface area contributed by atoms with E-state index in [1.807, 2.05) is 13.8 Å². The molecule has 17 heavy (non-hydrogen) atoms. The van der Waals surface area contributed by atoms with Gasteiger partial charge in [-0.2, -0.15) is 0 Å². The van der Waals surface area contributed by atoms with Gasteiger partial charge in [0.2, 0.25) is 0 Å². The molecule has 0 radical (unpaired) electrons. The van der Waals surface area contributed by atoms with E-state index in [-0.39, 0.29) is 0 Å². The van der Waals surface area contributed by atoms with Crippen LogP contribution in [0.15, 0.2) is 18.2 Å². The van der Waals surface area contributed by atoms with Crippen molar-refractivity contribution in [3.05, 3.63) is 34.9 Å². The zero-order valence-electron chi connectivity index (χ0n) is 10.9. The third kappa shape index (κ3) is 4.26. The highest BCUT2D eigenvalue weighted by atomic mass is 16.5. The summed E-state index contributed by atoms with van der Waals surface area (Å²) >= 11 is 0. The predicted octanol–water partition coefficient (Wildman–Crippen LogP) is 2.59. The number of esters is 2. The number of methoxy groups -OCH3 is 2. The zero-order chi connectivity index (χ0) is 13.4. The summed E-state index contributed by atoms with van der Waals surface area (Å²) in [6.07, 6.45) is 0. The van der Waals surface area contributed by atoms with Crippen molar-refractivity contribution in [1.82, 2.24) is 0 Å². The largest absolute Gasteiger partial charge is 0.465 e. The topological polar surface area (TPSA) is 52.6 Å². The minimum atomic E-state index is -0.469. The molecule has 0 saturated carbocycles. The van der Waals surface area contributed by atoms with Crippen LogP contribution < -0.4 is 0 Å².